The molecule has 7 saturated heterocycles. The SMILES string of the molecule is CC(=O)NC1[C@H](O[C@@H]2C(O)[C@H](O[C@@H]3C(CO)O[C@@H](O[C@@H]4C(O)[C@H](O[C@@H]5C(CO)O[C@@H](C)C(NC(C)=O)[C@H]5O)OC(CO)[C@@H]4O)C(NC(C)=O)[C@H]3O)OC(CO)[C@@H]2O)OC(CO)[C@@H](O[C@@H]2OC(CO[C@]3(C(=O)O)C[C@@H](O)[C@@H](NC(C)=O)C([C@H](O)[C@H](O)CO)O3)[C@H](O)[C@H](O)C2O)[C@@H]1O. The van der Waals surface area contributed by atoms with Gasteiger partial charge in [-0.2, -0.15) is 0 Å². The van der Waals surface area contributed by atoms with Gasteiger partial charge in [-0.05, 0) is 6.92 Å². The Bertz CT molecular complexity index is 2540. The Morgan fingerprint density at radius 3 is 1.18 bits per heavy atom. The first-order valence-corrected chi connectivity index (χ1v) is 30.6. The van der Waals surface area contributed by atoms with Crippen LogP contribution < -0.4 is 21.3 Å². The number of amides is 4. The van der Waals surface area contributed by atoms with Gasteiger partial charge in [0, 0.05) is 34.1 Å². The quantitative estimate of drug-likeness (QED) is 0.0382. The van der Waals surface area contributed by atoms with Crippen LogP contribution in [0.2, 0.25) is 0 Å². The van der Waals surface area contributed by atoms with Gasteiger partial charge in [-0.15, -0.1) is 0 Å². The van der Waals surface area contributed by atoms with Gasteiger partial charge in [0.25, 0.3) is 5.79 Å². The number of rotatable bonds is 26. The van der Waals surface area contributed by atoms with E-state index in [4.69, 9.17) is 61.6 Å². The average Bonchev–Trinajstić information content (AvgIpc) is 0.776. The van der Waals surface area contributed by atoms with Gasteiger partial charge < -0.3 is 185 Å². The molecule has 13 unspecified atom stereocenters. The fraction of sp³-hybridized carbons (Fsp3) is 0.907. The number of hydrogen-bond donors (Lipinski definition) is 24. The van der Waals surface area contributed by atoms with E-state index >= 15 is 0 Å². The monoisotopic (exact) mass is 1400 g/mol. The highest BCUT2D eigenvalue weighted by Crippen LogP contribution is 2.39. The summed E-state index contributed by atoms with van der Waals surface area (Å²) in [6, 6.07) is -6.50. The smallest absolute Gasteiger partial charge is 0.364 e. The predicted molar refractivity (Wildman–Crippen MR) is 299 cm³/mol. The summed E-state index contributed by atoms with van der Waals surface area (Å²) in [6.45, 7) is -1.80. The fourth-order valence-electron chi connectivity index (χ4n) is 12.5. The molecule has 7 rings (SSSR count). The molecule has 42 heteroatoms. The molecule has 0 aromatic rings. The van der Waals surface area contributed by atoms with Crippen molar-refractivity contribution in [1.29, 1.82) is 0 Å². The van der Waals surface area contributed by atoms with Crippen molar-refractivity contribution in [2.75, 3.05) is 46.2 Å². The third kappa shape index (κ3) is 17.5. The standard InChI is InChI=1S/C54H90N4O38/c1-14-27(55-15(2)65)35(75)42(23(10-62)85-14)92-51-40(80)46(33(73)21(8-60)86-51)94-49-30(58-18(5)68)37(77)44(25(12-64)89-49)93-52-41(81)47(34(74)22(9-61)87-52)95-48-29(57-17(4)67)36(76)43(24(11-63)88-48)91-50-39(79)38(78)32(72)26(90-50)13-84-54(53(82)83)6-19(69)28(56-16(3)66)45(96-54)31(71)20(70)7-59/h14,19-52,59-64,69-81H,6-13H2,1-5H3,(H,55,65)(H,56,66)(H,57,67)(H,58,68)(H,82,83)/t14-,19+,20+,21?,22?,23?,24?,25?,26?,27?,28+,29?,30?,31+,32-,33-,34-,35+,36+,37+,38-,39?,40?,41?,42+,43+,44+,45?,46-,47-,48-,49-,50-,51-,52-,54+/m0/s1. The van der Waals surface area contributed by atoms with Crippen molar-refractivity contribution >= 4 is 29.6 Å². The molecule has 42 nitrogen and oxygen atoms in total. The van der Waals surface area contributed by atoms with Gasteiger partial charge >= 0.3 is 5.97 Å². The van der Waals surface area contributed by atoms with Crippen molar-refractivity contribution in [3.63, 3.8) is 0 Å². The molecule has 0 aromatic heterocycles. The number of ether oxygens (including phenoxy) is 13. The van der Waals surface area contributed by atoms with Crippen molar-refractivity contribution in [3.05, 3.63) is 0 Å². The lowest BCUT2D eigenvalue weighted by atomic mass is 9.88. The molecule has 7 fully saturated rings. The first-order chi connectivity index (χ1) is 45.2. The van der Waals surface area contributed by atoms with E-state index in [1.807, 2.05) is 0 Å². The zero-order valence-electron chi connectivity index (χ0n) is 52.2. The lowest BCUT2D eigenvalue weighted by Gasteiger charge is -2.51. The van der Waals surface area contributed by atoms with Crippen LogP contribution in [0.3, 0.4) is 0 Å². The fourth-order valence-corrected chi connectivity index (χ4v) is 12.5. The molecule has 36 atom stereocenters. The van der Waals surface area contributed by atoms with E-state index in [0.717, 1.165) is 27.7 Å². The molecular formula is C54H90N4O38. The highest BCUT2D eigenvalue weighted by molar-refractivity contribution is 5.77. The number of carboxylic acid groups (broad SMARTS) is 1. The number of carbonyl (C=O) groups excluding carboxylic acids is 4. The Labute approximate surface area is 544 Å². The van der Waals surface area contributed by atoms with E-state index in [1.54, 1.807) is 0 Å². The van der Waals surface area contributed by atoms with Gasteiger partial charge in [0.15, 0.2) is 31.5 Å². The minimum atomic E-state index is -3.02. The minimum Gasteiger partial charge on any atom is -0.477 e. The van der Waals surface area contributed by atoms with Crippen molar-refractivity contribution in [2.24, 2.45) is 0 Å². The summed E-state index contributed by atoms with van der Waals surface area (Å²) in [5.41, 5.74) is 0. The van der Waals surface area contributed by atoms with Gasteiger partial charge in [0.1, 0.15) is 159 Å². The molecule has 0 aliphatic carbocycles. The highest BCUT2D eigenvalue weighted by atomic mass is 16.8. The highest BCUT2D eigenvalue weighted by Gasteiger charge is 2.61. The lowest BCUT2D eigenvalue weighted by molar-refractivity contribution is -0.385. The molecule has 7 aliphatic rings. The summed E-state index contributed by atoms with van der Waals surface area (Å²) >= 11 is 0. The zero-order chi connectivity index (χ0) is 71.3. The topological polar surface area (TPSA) is 658 Å². The van der Waals surface area contributed by atoms with E-state index < -0.39 is 302 Å². The molecule has 7 heterocycles. The maximum Gasteiger partial charge on any atom is 0.364 e. The van der Waals surface area contributed by atoms with Crippen LogP contribution in [-0.2, 0) is 85.6 Å². The molecule has 96 heavy (non-hydrogen) atoms. The van der Waals surface area contributed by atoms with Gasteiger partial charge in [0.05, 0.1) is 70.5 Å². The second-order valence-corrected chi connectivity index (χ2v) is 24.3. The number of carbonyl (C=O) groups is 5. The molecule has 0 aromatic carbocycles. The first kappa shape index (κ1) is 79.4. The second-order valence-electron chi connectivity index (χ2n) is 24.3. The number of hydrogen-bond acceptors (Lipinski definition) is 37. The van der Waals surface area contributed by atoms with Crippen molar-refractivity contribution < 1.29 is 188 Å². The largest absolute Gasteiger partial charge is 0.477 e. The summed E-state index contributed by atoms with van der Waals surface area (Å²) in [7, 11) is 0. The minimum absolute atomic E-state index is 0.579. The second kappa shape index (κ2) is 34.2. The van der Waals surface area contributed by atoms with Crippen LogP contribution in [0.5, 0.6) is 0 Å². The third-order valence-corrected chi connectivity index (χ3v) is 17.4. The summed E-state index contributed by atoms with van der Waals surface area (Å²) in [4.78, 5) is 62.5. The number of aliphatic hydroxyl groups excluding tert-OH is 19. The normalized spacial score (nSPS) is 46.0. The van der Waals surface area contributed by atoms with Gasteiger partial charge in [-0.3, -0.25) is 19.2 Å². The Morgan fingerprint density at radius 1 is 0.427 bits per heavy atom. The van der Waals surface area contributed by atoms with Crippen LogP contribution in [0.15, 0.2) is 0 Å². The Hall–Kier alpha value is -3.93. The molecule has 0 radical (unpaired) electrons. The number of carboxylic acids is 1. The molecule has 0 spiro atoms. The van der Waals surface area contributed by atoms with Gasteiger partial charge in [-0.1, -0.05) is 0 Å². The van der Waals surface area contributed by atoms with E-state index in [9.17, 15) is 126 Å². The van der Waals surface area contributed by atoms with Crippen LogP contribution in [0.25, 0.3) is 0 Å². The Morgan fingerprint density at radius 2 is 0.781 bits per heavy atom. The average molecular weight is 1400 g/mol. The number of aliphatic hydroxyl groups is 19. The van der Waals surface area contributed by atoms with E-state index in [0.29, 0.717) is 0 Å². The molecule has 4 amide bonds. The maximum atomic E-state index is 12.8. The molecule has 24 N–H and O–H groups in total. The summed E-state index contributed by atoms with van der Waals surface area (Å²) < 4.78 is 75.6. The summed E-state index contributed by atoms with van der Waals surface area (Å²) in [5.74, 6) is -8.21. The van der Waals surface area contributed by atoms with Crippen molar-refractivity contribution in [3.8, 4) is 0 Å². The number of nitrogens with one attached hydrogen (secondary N) is 4. The van der Waals surface area contributed by atoms with E-state index in [-0.39, 0.29) is 0 Å². The molecule has 0 saturated carbocycles. The summed E-state index contributed by atoms with van der Waals surface area (Å²) in [6.07, 6.45) is -61.8. The van der Waals surface area contributed by atoms with E-state index in [2.05, 4.69) is 21.3 Å². The molecule has 7 aliphatic heterocycles. The van der Waals surface area contributed by atoms with Crippen LogP contribution in [0.1, 0.15) is 41.0 Å². The van der Waals surface area contributed by atoms with Crippen LogP contribution in [0.4, 0.5) is 0 Å². The third-order valence-electron chi connectivity index (χ3n) is 17.4. The van der Waals surface area contributed by atoms with Crippen LogP contribution >= 0.6 is 0 Å². The van der Waals surface area contributed by atoms with Gasteiger partial charge in [-0.25, -0.2) is 4.79 Å². The molecule has 554 valence electrons. The predicted octanol–water partition coefficient (Wildman–Crippen LogP) is -15.4. The van der Waals surface area contributed by atoms with Crippen molar-refractivity contribution in [2.45, 2.75) is 261 Å². The zero-order valence-corrected chi connectivity index (χ0v) is 52.2. The van der Waals surface area contributed by atoms with Gasteiger partial charge in [0.2, 0.25) is 23.6 Å². The van der Waals surface area contributed by atoms with Crippen molar-refractivity contribution in [1.82, 2.24) is 21.3 Å². The first-order valence-electron chi connectivity index (χ1n) is 30.6. The Kier molecular flexibility index (Phi) is 28.2. The Balaban J connectivity index is 1.07. The number of aliphatic carboxylic acids is 1. The van der Waals surface area contributed by atoms with E-state index in [1.165, 1.54) is 6.92 Å². The molecule has 0 bridgehead atoms. The molecular weight excluding hydrogens is 1310 g/mol. The van der Waals surface area contributed by atoms with Crippen LogP contribution in [-0.4, -0.2) is 398 Å². The lowest BCUT2D eigenvalue weighted by Crippen LogP contribution is -2.71. The maximum absolute atomic E-state index is 12.8. The van der Waals surface area contributed by atoms with Crippen LogP contribution in [0, 0.1) is 0 Å². The summed E-state index contributed by atoms with van der Waals surface area (Å²) in [5, 5.41) is 229.